The molecule has 0 radical (unpaired) electrons. The lowest BCUT2D eigenvalue weighted by molar-refractivity contribution is 1.10. The Labute approximate surface area is 275 Å². The van der Waals surface area contributed by atoms with E-state index in [0.29, 0.717) is 0 Å². The van der Waals surface area contributed by atoms with Crippen LogP contribution in [0, 0.1) is 0 Å². The molecular formula is C44H26N4. The molecule has 0 fully saturated rings. The maximum absolute atomic E-state index is 5.20. The lowest BCUT2D eigenvalue weighted by Gasteiger charge is -2.13. The van der Waals surface area contributed by atoms with E-state index < -0.39 is 0 Å². The molecule has 0 N–H and O–H groups in total. The fourth-order valence-corrected chi connectivity index (χ4v) is 8.13. The molecule has 1 aliphatic carbocycles. The molecule has 0 saturated carbocycles. The van der Waals surface area contributed by atoms with Gasteiger partial charge in [-0.25, -0.2) is 4.98 Å². The maximum atomic E-state index is 5.20. The summed E-state index contributed by atoms with van der Waals surface area (Å²) in [6, 6.07) is 50.5. The van der Waals surface area contributed by atoms with E-state index in [1.165, 1.54) is 77.0 Å². The number of hydrogen-bond donors (Lipinski definition) is 0. The number of hydrogen-bond acceptors (Lipinski definition) is 2. The Kier molecular flexibility index (Phi) is 5.08. The van der Waals surface area contributed by atoms with Gasteiger partial charge in [-0.2, -0.15) is 0 Å². The van der Waals surface area contributed by atoms with Crippen LogP contribution in [0.5, 0.6) is 0 Å². The molecule has 0 bridgehead atoms. The standard InChI is InChI=1S/C44H26N4/c1-2-9-29(10-3-1)47-39-15-6-5-12-32(39)36-23-27(18-20-41(36)47)28-17-19-33-31-11-4-7-16-40(31)48(42(33)24-28)44-35-14-8-13-34-37-25-45-22-21-30(37)38(26-46-44)43(34)35/h1-26H. The average Bonchev–Trinajstić information content (AvgIpc) is 3.78. The Morgan fingerprint density at radius 3 is 1.96 bits per heavy atom. The third-order valence-electron chi connectivity index (χ3n) is 10.2. The molecule has 0 spiro atoms. The SMILES string of the molecule is c1ccc(-n2c3ccccc3c3cc(-c4ccc5c6ccccc6n(-c6ncc7c8c(cccc68)-c6cnccc6-7)c5c4)ccc32)cc1. The first-order valence-electron chi connectivity index (χ1n) is 16.3. The van der Waals surface area contributed by atoms with Gasteiger partial charge < -0.3 is 4.57 Å². The first kappa shape index (κ1) is 25.6. The molecule has 4 heterocycles. The molecule has 0 amide bonds. The van der Waals surface area contributed by atoms with Gasteiger partial charge >= 0.3 is 0 Å². The first-order valence-corrected chi connectivity index (χ1v) is 16.3. The first-order chi connectivity index (χ1) is 23.8. The number of nitrogens with zero attached hydrogens (tertiary/aromatic N) is 4. The van der Waals surface area contributed by atoms with E-state index in [1.54, 1.807) is 0 Å². The van der Waals surface area contributed by atoms with Gasteiger partial charge in [0.15, 0.2) is 0 Å². The topological polar surface area (TPSA) is 35.6 Å². The number of rotatable bonds is 3. The highest BCUT2D eigenvalue weighted by Gasteiger charge is 2.25. The fourth-order valence-electron chi connectivity index (χ4n) is 8.13. The summed E-state index contributed by atoms with van der Waals surface area (Å²) in [4.78, 5) is 9.65. The van der Waals surface area contributed by atoms with Crippen molar-refractivity contribution >= 4 is 54.4 Å². The van der Waals surface area contributed by atoms with Crippen LogP contribution in [-0.4, -0.2) is 19.1 Å². The fraction of sp³-hybridized carbons (Fsp3) is 0. The number of pyridine rings is 2. The van der Waals surface area contributed by atoms with Crippen molar-refractivity contribution in [2.75, 3.05) is 0 Å². The minimum Gasteiger partial charge on any atom is -0.309 e. The highest BCUT2D eigenvalue weighted by Crippen LogP contribution is 2.48. The van der Waals surface area contributed by atoms with E-state index in [0.717, 1.165) is 22.2 Å². The van der Waals surface area contributed by atoms with Crippen molar-refractivity contribution < 1.29 is 0 Å². The van der Waals surface area contributed by atoms with Crippen LogP contribution in [0.15, 0.2) is 158 Å². The zero-order valence-electron chi connectivity index (χ0n) is 25.8. The van der Waals surface area contributed by atoms with Gasteiger partial charge in [0.05, 0.1) is 22.1 Å². The summed E-state index contributed by atoms with van der Waals surface area (Å²) in [5, 5.41) is 7.32. The van der Waals surface area contributed by atoms with Crippen molar-refractivity contribution in [1.29, 1.82) is 0 Å². The molecule has 6 aromatic carbocycles. The summed E-state index contributed by atoms with van der Waals surface area (Å²) in [6.07, 6.45) is 5.90. The van der Waals surface area contributed by atoms with Gasteiger partial charge in [-0.05, 0) is 70.8 Å². The molecule has 4 nitrogen and oxygen atoms in total. The second-order valence-electron chi connectivity index (χ2n) is 12.6. The van der Waals surface area contributed by atoms with Gasteiger partial charge in [-0.15, -0.1) is 0 Å². The predicted molar refractivity (Wildman–Crippen MR) is 198 cm³/mol. The maximum Gasteiger partial charge on any atom is 0.145 e. The summed E-state index contributed by atoms with van der Waals surface area (Å²) < 4.78 is 4.73. The molecule has 0 unspecified atom stereocenters. The summed E-state index contributed by atoms with van der Waals surface area (Å²) in [5.74, 6) is 0.945. The van der Waals surface area contributed by atoms with Crippen molar-refractivity contribution in [3.05, 3.63) is 158 Å². The molecule has 0 aliphatic heterocycles. The predicted octanol–water partition coefficient (Wildman–Crippen LogP) is 11.1. The molecule has 4 aromatic heterocycles. The smallest absolute Gasteiger partial charge is 0.145 e. The molecule has 0 atom stereocenters. The Balaban J connectivity index is 1.16. The van der Waals surface area contributed by atoms with Crippen LogP contribution >= 0.6 is 0 Å². The van der Waals surface area contributed by atoms with E-state index in [4.69, 9.17) is 4.98 Å². The van der Waals surface area contributed by atoms with Gasteiger partial charge in [0.1, 0.15) is 5.82 Å². The third-order valence-corrected chi connectivity index (χ3v) is 10.2. The molecule has 1 aliphatic rings. The van der Waals surface area contributed by atoms with Crippen molar-refractivity contribution in [3.63, 3.8) is 0 Å². The second-order valence-corrected chi connectivity index (χ2v) is 12.6. The minimum atomic E-state index is 0.945. The Morgan fingerprint density at radius 2 is 1.08 bits per heavy atom. The lowest BCUT2D eigenvalue weighted by atomic mass is 10.0. The van der Waals surface area contributed by atoms with Crippen LogP contribution in [0.2, 0.25) is 0 Å². The largest absolute Gasteiger partial charge is 0.309 e. The summed E-state index contributed by atoms with van der Waals surface area (Å²) in [5.41, 5.74) is 13.0. The molecule has 4 heteroatoms. The van der Waals surface area contributed by atoms with Crippen LogP contribution in [0.4, 0.5) is 0 Å². The Morgan fingerprint density at radius 1 is 0.396 bits per heavy atom. The molecule has 48 heavy (non-hydrogen) atoms. The zero-order chi connectivity index (χ0) is 31.3. The van der Waals surface area contributed by atoms with E-state index >= 15 is 0 Å². The minimum absolute atomic E-state index is 0.945. The Hall–Kier alpha value is -6.52. The number of fused-ring (bicyclic) bond motifs is 9. The van der Waals surface area contributed by atoms with Crippen molar-refractivity contribution in [3.8, 4) is 44.9 Å². The summed E-state index contributed by atoms with van der Waals surface area (Å²) in [7, 11) is 0. The molecular weight excluding hydrogens is 585 g/mol. The number of aromatic nitrogens is 4. The van der Waals surface area contributed by atoms with Crippen molar-refractivity contribution in [2.45, 2.75) is 0 Å². The van der Waals surface area contributed by atoms with E-state index in [2.05, 4.69) is 154 Å². The van der Waals surface area contributed by atoms with Crippen molar-refractivity contribution in [1.82, 2.24) is 19.1 Å². The molecule has 11 rings (SSSR count). The molecule has 0 saturated heterocycles. The zero-order valence-corrected chi connectivity index (χ0v) is 25.8. The van der Waals surface area contributed by atoms with Crippen LogP contribution in [0.1, 0.15) is 0 Å². The van der Waals surface area contributed by atoms with Crippen LogP contribution < -0.4 is 0 Å². The van der Waals surface area contributed by atoms with E-state index in [1.807, 2.05) is 18.6 Å². The lowest BCUT2D eigenvalue weighted by Crippen LogP contribution is -1.99. The normalized spacial score (nSPS) is 12.2. The quantitative estimate of drug-likeness (QED) is 0.199. The molecule has 10 aromatic rings. The number of benzene rings is 6. The van der Waals surface area contributed by atoms with Gasteiger partial charge in [0.25, 0.3) is 0 Å². The van der Waals surface area contributed by atoms with Gasteiger partial charge in [0, 0.05) is 67.7 Å². The highest BCUT2D eigenvalue weighted by molar-refractivity contribution is 6.18. The Bertz CT molecular complexity index is 2920. The summed E-state index contributed by atoms with van der Waals surface area (Å²) in [6.45, 7) is 0. The van der Waals surface area contributed by atoms with E-state index in [9.17, 15) is 0 Å². The second kappa shape index (κ2) is 9.50. The van der Waals surface area contributed by atoms with Gasteiger partial charge in [0.2, 0.25) is 0 Å². The number of para-hydroxylation sites is 3. The van der Waals surface area contributed by atoms with Crippen molar-refractivity contribution in [2.24, 2.45) is 0 Å². The highest BCUT2D eigenvalue weighted by atomic mass is 15.1. The van der Waals surface area contributed by atoms with Crippen LogP contribution in [-0.2, 0) is 0 Å². The average molecular weight is 611 g/mol. The monoisotopic (exact) mass is 610 g/mol. The third kappa shape index (κ3) is 3.38. The molecule has 222 valence electrons. The van der Waals surface area contributed by atoms with E-state index in [-0.39, 0.29) is 0 Å². The van der Waals surface area contributed by atoms with Gasteiger partial charge in [-0.1, -0.05) is 91.0 Å². The van der Waals surface area contributed by atoms with Gasteiger partial charge in [-0.3, -0.25) is 9.55 Å². The summed E-state index contributed by atoms with van der Waals surface area (Å²) >= 11 is 0. The van der Waals surface area contributed by atoms with Crippen LogP contribution in [0.25, 0.3) is 99.3 Å². The van der Waals surface area contributed by atoms with Crippen LogP contribution in [0.3, 0.4) is 0 Å².